The van der Waals surface area contributed by atoms with Gasteiger partial charge in [0, 0.05) is 63.5 Å². The van der Waals surface area contributed by atoms with Crippen LogP contribution in [-0.4, -0.2) is 74.0 Å². The Morgan fingerprint density at radius 2 is 1.00 bits per heavy atom. The van der Waals surface area contributed by atoms with Crippen LogP contribution >= 0.6 is 12.4 Å². The summed E-state index contributed by atoms with van der Waals surface area (Å²) in [7, 11) is 0. The van der Waals surface area contributed by atoms with Crippen LogP contribution in [0.15, 0.2) is 24.3 Å². The Bertz CT molecular complexity index is 489. The lowest BCUT2D eigenvalue weighted by Gasteiger charge is -2.28. The Kier molecular flexibility index (Phi) is 6.38. The number of nitrogens with zero attached hydrogens (tertiary/aromatic N) is 2. The van der Waals surface area contributed by atoms with Gasteiger partial charge in [0.25, 0.3) is 11.8 Å². The number of amides is 2. The van der Waals surface area contributed by atoms with Crippen LogP contribution in [0.5, 0.6) is 0 Å². The fourth-order valence-corrected chi connectivity index (χ4v) is 2.86. The van der Waals surface area contributed by atoms with Crippen molar-refractivity contribution in [3.8, 4) is 0 Å². The van der Waals surface area contributed by atoms with Gasteiger partial charge in [0.1, 0.15) is 0 Å². The lowest BCUT2D eigenvalue weighted by molar-refractivity contribution is 0.0724. The highest BCUT2D eigenvalue weighted by molar-refractivity contribution is 5.98. The van der Waals surface area contributed by atoms with Crippen LogP contribution in [0.3, 0.4) is 0 Å². The predicted molar refractivity (Wildman–Crippen MR) is 91.2 cm³/mol. The molecule has 2 heterocycles. The molecule has 0 aliphatic carbocycles. The summed E-state index contributed by atoms with van der Waals surface area (Å²) in [6.07, 6.45) is 0. The molecule has 2 N–H and O–H groups in total. The van der Waals surface area contributed by atoms with E-state index in [0.717, 1.165) is 52.4 Å². The van der Waals surface area contributed by atoms with E-state index in [2.05, 4.69) is 10.6 Å². The number of hydrogen-bond donors (Lipinski definition) is 2. The average Bonchev–Trinajstić information content (AvgIpc) is 2.62. The van der Waals surface area contributed by atoms with Gasteiger partial charge >= 0.3 is 0 Å². The number of rotatable bonds is 2. The molecule has 2 fully saturated rings. The van der Waals surface area contributed by atoms with E-state index in [0.29, 0.717) is 11.1 Å². The average molecular weight is 339 g/mol. The molecule has 2 aliphatic heterocycles. The number of carbonyl (C=O) groups is 2. The molecule has 7 heteroatoms. The first-order valence-electron chi connectivity index (χ1n) is 7.86. The van der Waals surface area contributed by atoms with Crippen LogP contribution in [0.2, 0.25) is 0 Å². The SMILES string of the molecule is Cl.O=C(c1ccc(C(=O)N2CCNCC2)cc1)N1CCNCC1. The minimum atomic E-state index is 0. The highest BCUT2D eigenvalue weighted by atomic mass is 35.5. The first-order valence-corrected chi connectivity index (χ1v) is 7.86. The third kappa shape index (κ3) is 4.22. The van der Waals surface area contributed by atoms with Crippen molar-refractivity contribution in [3.05, 3.63) is 35.4 Å². The molecular formula is C16H23ClN4O2. The molecule has 126 valence electrons. The van der Waals surface area contributed by atoms with Crippen molar-refractivity contribution in [2.24, 2.45) is 0 Å². The van der Waals surface area contributed by atoms with E-state index < -0.39 is 0 Å². The Labute approximate surface area is 142 Å². The molecule has 2 amide bonds. The van der Waals surface area contributed by atoms with Crippen LogP contribution in [0, 0.1) is 0 Å². The molecule has 1 aromatic rings. The van der Waals surface area contributed by atoms with Gasteiger partial charge in [-0.1, -0.05) is 0 Å². The standard InChI is InChI=1S/C16H22N4O2.ClH/c21-15(19-9-5-17-6-10-19)13-1-2-14(4-3-13)16(22)20-11-7-18-8-12-20;/h1-4,17-18H,5-12H2;1H. The van der Waals surface area contributed by atoms with Crippen molar-refractivity contribution in [2.45, 2.75) is 0 Å². The van der Waals surface area contributed by atoms with Crippen LogP contribution in [0.1, 0.15) is 20.7 Å². The van der Waals surface area contributed by atoms with Crippen LogP contribution in [-0.2, 0) is 0 Å². The van der Waals surface area contributed by atoms with Gasteiger partial charge in [0.05, 0.1) is 0 Å². The Morgan fingerprint density at radius 1 is 0.696 bits per heavy atom. The van der Waals surface area contributed by atoms with E-state index in [4.69, 9.17) is 0 Å². The monoisotopic (exact) mass is 338 g/mol. The molecule has 0 aromatic heterocycles. The highest BCUT2D eigenvalue weighted by Gasteiger charge is 2.20. The summed E-state index contributed by atoms with van der Waals surface area (Å²) in [5.74, 6) is 0.0883. The van der Waals surface area contributed by atoms with Gasteiger partial charge in [-0.05, 0) is 24.3 Å². The molecule has 0 spiro atoms. The maximum Gasteiger partial charge on any atom is 0.253 e. The summed E-state index contributed by atoms with van der Waals surface area (Å²) in [6.45, 7) is 6.30. The minimum Gasteiger partial charge on any atom is -0.336 e. The van der Waals surface area contributed by atoms with Gasteiger partial charge < -0.3 is 20.4 Å². The first-order chi connectivity index (χ1) is 10.8. The molecule has 0 radical (unpaired) electrons. The molecule has 0 unspecified atom stereocenters. The van der Waals surface area contributed by atoms with Gasteiger partial charge in [-0.3, -0.25) is 9.59 Å². The zero-order valence-corrected chi connectivity index (χ0v) is 13.9. The summed E-state index contributed by atoms with van der Waals surface area (Å²) in [4.78, 5) is 28.5. The lowest BCUT2D eigenvalue weighted by Crippen LogP contribution is -2.46. The lowest BCUT2D eigenvalue weighted by atomic mass is 10.1. The summed E-state index contributed by atoms with van der Waals surface area (Å²) >= 11 is 0. The zero-order valence-electron chi connectivity index (χ0n) is 13.1. The van der Waals surface area contributed by atoms with Gasteiger partial charge in [-0.2, -0.15) is 0 Å². The summed E-state index contributed by atoms with van der Waals surface area (Å²) < 4.78 is 0. The fourth-order valence-electron chi connectivity index (χ4n) is 2.86. The van der Waals surface area contributed by atoms with Crippen molar-refractivity contribution in [2.75, 3.05) is 52.4 Å². The van der Waals surface area contributed by atoms with E-state index in [9.17, 15) is 9.59 Å². The number of carbonyl (C=O) groups excluding carboxylic acids is 2. The van der Waals surface area contributed by atoms with Crippen molar-refractivity contribution < 1.29 is 9.59 Å². The highest BCUT2D eigenvalue weighted by Crippen LogP contribution is 2.11. The topological polar surface area (TPSA) is 64.7 Å². The number of benzene rings is 1. The van der Waals surface area contributed by atoms with Crippen LogP contribution < -0.4 is 10.6 Å². The van der Waals surface area contributed by atoms with Crippen molar-refractivity contribution >= 4 is 24.2 Å². The molecule has 2 aliphatic rings. The second kappa shape index (κ2) is 8.29. The number of nitrogens with one attached hydrogen (secondary N) is 2. The molecule has 0 bridgehead atoms. The van der Waals surface area contributed by atoms with Crippen molar-refractivity contribution in [1.29, 1.82) is 0 Å². The van der Waals surface area contributed by atoms with E-state index in [1.165, 1.54) is 0 Å². The molecule has 3 rings (SSSR count). The third-order valence-corrected chi connectivity index (χ3v) is 4.19. The second-order valence-corrected chi connectivity index (χ2v) is 5.66. The van der Waals surface area contributed by atoms with Crippen LogP contribution in [0.25, 0.3) is 0 Å². The molecule has 0 saturated carbocycles. The van der Waals surface area contributed by atoms with Crippen molar-refractivity contribution in [3.63, 3.8) is 0 Å². The molecule has 6 nitrogen and oxygen atoms in total. The number of hydrogen-bond acceptors (Lipinski definition) is 4. The quantitative estimate of drug-likeness (QED) is 0.808. The maximum absolute atomic E-state index is 12.4. The normalized spacial score (nSPS) is 18.3. The summed E-state index contributed by atoms with van der Waals surface area (Å²) in [6, 6.07) is 7.05. The van der Waals surface area contributed by atoms with Crippen LogP contribution in [0.4, 0.5) is 0 Å². The van der Waals surface area contributed by atoms with Gasteiger partial charge in [0.2, 0.25) is 0 Å². The minimum absolute atomic E-state index is 0. The van der Waals surface area contributed by atoms with E-state index in [-0.39, 0.29) is 24.2 Å². The Balaban J connectivity index is 0.00000192. The smallest absolute Gasteiger partial charge is 0.253 e. The molecule has 2 saturated heterocycles. The molecular weight excluding hydrogens is 316 g/mol. The summed E-state index contributed by atoms with van der Waals surface area (Å²) in [5.41, 5.74) is 1.30. The second-order valence-electron chi connectivity index (χ2n) is 5.66. The van der Waals surface area contributed by atoms with E-state index >= 15 is 0 Å². The van der Waals surface area contributed by atoms with Crippen molar-refractivity contribution in [1.82, 2.24) is 20.4 Å². The zero-order chi connectivity index (χ0) is 15.4. The van der Waals surface area contributed by atoms with E-state index in [1.54, 1.807) is 24.3 Å². The third-order valence-electron chi connectivity index (χ3n) is 4.19. The Morgan fingerprint density at radius 3 is 1.30 bits per heavy atom. The first kappa shape index (κ1) is 17.7. The maximum atomic E-state index is 12.4. The summed E-state index contributed by atoms with van der Waals surface area (Å²) in [5, 5.41) is 6.46. The number of piperazine rings is 2. The van der Waals surface area contributed by atoms with Gasteiger partial charge in [-0.15, -0.1) is 12.4 Å². The fraction of sp³-hybridized carbons (Fsp3) is 0.500. The Hall–Kier alpha value is -1.63. The number of halogens is 1. The van der Waals surface area contributed by atoms with Gasteiger partial charge in [-0.25, -0.2) is 0 Å². The molecule has 0 atom stereocenters. The van der Waals surface area contributed by atoms with E-state index in [1.807, 2.05) is 9.80 Å². The molecule has 1 aromatic carbocycles. The largest absolute Gasteiger partial charge is 0.336 e. The molecule has 23 heavy (non-hydrogen) atoms. The van der Waals surface area contributed by atoms with Gasteiger partial charge in [0.15, 0.2) is 0 Å². The predicted octanol–water partition coefficient (Wildman–Crippen LogP) is 0.199.